The van der Waals surface area contributed by atoms with Crippen LogP contribution in [0.4, 0.5) is 0 Å². The number of primary amides is 1. The molecule has 4 heterocycles. The molecule has 1 saturated carbocycles. The quantitative estimate of drug-likeness (QED) is 0.354. The Morgan fingerprint density at radius 3 is 2.66 bits per heavy atom. The van der Waals surface area contributed by atoms with Crippen LogP contribution in [0.1, 0.15) is 54.9 Å². The Bertz CT molecular complexity index is 1590. The molecule has 9 nitrogen and oxygen atoms in total. The number of rotatable bonds is 6. The van der Waals surface area contributed by atoms with E-state index in [0.29, 0.717) is 34.3 Å². The molecule has 0 radical (unpaired) electrons. The lowest BCUT2D eigenvalue weighted by molar-refractivity contribution is 0.0977. The molecule has 1 amide bonds. The SMILES string of the molecule is CC(C)n1c(Cl)nnc1-c1cccc(-c2c(C(N)=O)oc3cccc(-n4cnc(C5CC5)c4)c23)n1. The van der Waals surface area contributed by atoms with E-state index >= 15 is 0 Å². The molecule has 1 aliphatic rings. The second-order valence-corrected chi connectivity index (χ2v) is 9.30. The first-order valence-electron chi connectivity index (χ1n) is 11.4. The Morgan fingerprint density at radius 1 is 1.14 bits per heavy atom. The van der Waals surface area contributed by atoms with E-state index in [-0.39, 0.29) is 17.1 Å². The third kappa shape index (κ3) is 3.59. The average Bonchev–Trinajstić information content (AvgIpc) is 3.27. The number of benzene rings is 1. The van der Waals surface area contributed by atoms with Crippen molar-refractivity contribution in [2.45, 2.75) is 38.6 Å². The molecule has 6 rings (SSSR count). The topological polar surface area (TPSA) is 118 Å². The first-order valence-corrected chi connectivity index (χ1v) is 11.8. The van der Waals surface area contributed by atoms with Gasteiger partial charge in [-0.2, -0.15) is 0 Å². The van der Waals surface area contributed by atoms with Crippen molar-refractivity contribution < 1.29 is 9.21 Å². The van der Waals surface area contributed by atoms with Gasteiger partial charge in [-0.05, 0) is 62.6 Å². The highest BCUT2D eigenvalue weighted by Gasteiger charge is 2.28. The first kappa shape index (κ1) is 21.5. The molecule has 0 saturated heterocycles. The number of carbonyl (C=O) groups excluding carboxylic acids is 1. The van der Waals surface area contributed by atoms with Crippen molar-refractivity contribution in [3.8, 4) is 28.5 Å². The summed E-state index contributed by atoms with van der Waals surface area (Å²) in [6, 6.07) is 11.2. The molecule has 0 atom stereocenters. The fraction of sp³-hybridized carbons (Fsp3) is 0.240. The van der Waals surface area contributed by atoms with Crippen LogP contribution in [0.3, 0.4) is 0 Å². The lowest BCUT2D eigenvalue weighted by atomic mass is 10.0. The smallest absolute Gasteiger partial charge is 0.285 e. The number of fused-ring (bicyclic) bond motifs is 1. The monoisotopic (exact) mass is 487 g/mol. The highest BCUT2D eigenvalue weighted by molar-refractivity contribution is 6.28. The van der Waals surface area contributed by atoms with Gasteiger partial charge in [-0.25, -0.2) is 9.97 Å². The van der Waals surface area contributed by atoms with Gasteiger partial charge in [0.1, 0.15) is 11.3 Å². The van der Waals surface area contributed by atoms with Crippen LogP contribution in [0.15, 0.2) is 53.3 Å². The molecule has 5 aromatic rings. The number of nitrogens with zero attached hydrogens (tertiary/aromatic N) is 6. The van der Waals surface area contributed by atoms with Crippen molar-refractivity contribution in [3.63, 3.8) is 0 Å². The molecule has 176 valence electrons. The summed E-state index contributed by atoms with van der Waals surface area (Å²) >= 11 is 6.27. The largest absolute Gasteiger partial charge is 0.450 e. The van der Waals surface area contributed by atoms with Gasteiger partial charge in [0.15, 0.2) is 5.82 Å². The van der Waals surface area contributed by atoms with Crippen LogP contribution in [0.2, 0.25) is 5.28 Å². The third-order valence-corrected chi connectivity index (χ3v) is 6.46. The molecule has 10 heteroatoms. The van der Waals surface area contributed by atoms with E-state index in [2.05, 4.69) is 15.2 Å². The fourth-order valence-electron chi connectivity index (χ4n) is 4.43. The van der Waals surface area contributed by atoms with Gasteiger partial charge in [0.25, 0.3) is 5.91 Å². The van der Waals surface area contributed by atoms with Gasteiger partial charge in [0.2, 0.25) is 11.0 Å². The zero-order valence-corrected chi connectivity index (χ0v) is 19.9. The Hall–Kier alpha value is -3.98. The highest BCUT2D eigenvalue weighted by Crippen LogP contribution is 2.41. The lowest BCUT2D eigenvalue weighted by Crippen LogP contribution is -2.11. The van der Waals surface area contributed by atoms with Crippen molar-refractivity contribution in [2.75, 3.05) is 0 Å². The van der Waals surface area contributed by atoms with Crippen LogP contribution in [-0.4, -0.2) is 35.2 Å². The van der Waals surface area contributed by atoms with Crippen LogP contribution in [-0.2, 0) is 0 Å². The minimum Gasteiger partial charge on any atom is -0.450 e. The van der Waals surface area contributed by atoms with E-state index < -0.39 is 5.91 Å². The van der Waals surface area contributed by atoms with E-state index in [1.54, 1.807) is 10.9 Å². The number of carbonyl (C=O) groups is 1. The maximum atomic E-state index is 12.5. The molecule has 1 fully saturated rings. The molecular formula is C25H22ClN7O2. The Morgan fingerprint density at radius 2 is 1.91 bits per heavy atom. The van der Waals surface area contributed by atoms with E-state index in [1.165, 1.54) is 0 Å². The molecule has 2 N–H and O–H groups in total. The lowest BCUT2D eigenvalue weighted by Gasteiger charge is -2.12. The summed E-state index contributed by atoms with van der Waals surface area (Å²) in [6.45, 7) is 3.98. The molecule has 0 bridgehead atoms. The van der Waals surface area contributed by atoms with Gasteiger partial charge in [-0.3, -0.25) is 9.36 Å². The summed E-state index contributed by atoms with van der Waals surface area (Å²) in [6.07, 6.45) is 6.14. The normalized spacial score (nSPS) is 13.7. The van der Waals surface area contributed by atoms with Gasteiger partial charge >= 0.3 is 0 Å². The number of pyridine rings is 1. The van der Waals surface area contributed by atoms with Crippen LogP contribution in [0.25, 0.3) is 39.4 Å². The molecule has 1 aliphatic carbocycles. The van der Waals surface area contributed by atoms with E-state index in [9.17, 15) is 4.79 Å². The fourth-order valence-corrected chi connectivity index (χ4v) is 4.74. The van der Waals surface area contributed by atoms with Crippen molar-refractivity contribution in [3.05, 3.63) is 65.7 Å². The summed E-state index contributed by atoms with van der Waals surface area (Å²) in [5.74, 6) is 0.420. The van der Waals surface area contributed by atoms with Crippen molar-refractivity contribution >= 4 is 28.5 Å². The van der Waals surface area contributed by atoms with Gasteiger partial charge in [0, 0.05) is 18.2 Å². The van der Waals surface area contributed by atoms with Crippen LogP contribution in [0.5, 0.6) is 0 Å². The predicted octanol–water partition coefficient (Wildman–Crippen LogP) is 5.15. The molecular weight excluding hydrogens is 466 g/mol. The predicted molar refractivity (Wildman–Crippen MR) is 131 cm³/mol. The summed E-state index contributed by atoms with van der Waals surface area (Å²) < 4.78 is 9.71. The Kier molecular flexibility index (Phi) is 4.96. The first-order chi connectivity index (χ1) is 16.9. The number of furan rings is 1. The maximum Gasteiger partial charge on any atom is 0.285 e. The number of imidazole rings is 1. The minimum absolute atomic E-state index is 0.0300. The third-order valence-electron chi connectivity index (χ3n) is 6.20. The number of aromatic nitrogens is 6. The molecule has 35 heavy (non-hydrogen) atoms. The summed E-state index contributed by atoms with van der Waals surface area (Å²) in [5, 5.41) is 9.25. The number of amides is 1. The van der Waals surface area contributed by atoms with Gasteiger partial charge in [-0.1, -0.05) is 12.1 Å². The van der Waals surface area contributed by atoms with Crippen LogP contribution < -0.4 is 5.73 Å². The summed E-state index contributed by atoms with van der Waals surface area (Å²) in [7, 11) is 0. The Balaban J connectivity index is 1.57. The van der Waals surface area contributed by atoms with E-state index in [4.69, 9.17) is 26.7 Å². The van der Waals surface area contributed by atoms with Gasteiger partial charge < -0.3 is 14.7 Å². The summed E-state index contributed by atoms with van der Waals surface area (Å²) in [4.78, 5) is 21.9. The highest BCUT2D eigenvalue weighted by atomic mass is 35.5. The number of hydrogen-bond acceptors (Lipinski definition) is 6. The van der Waals surface area contributed by atoms with E-state index in [0.717, 1.165) is 29.6 Å². The van der Waals surface area contributed by atoms with Crippen LogP contribution in [0, 0.1) is 0 Å². The van der Waals surface area contributed by atoms with Crippen LogP contribution >= 0.6 is 11.6 Å². The molecule has 0 unspecified atom stereocenters. The zero-order chi connectivity index (χ0) is 24.3. The van der Waals surface area contributed by atoms with Gasteiger partial charge in [-0.15, -0.1) is 10.2 Å². The maximum absolute atomic E-state index is 12.5. The molecule has 1 aromatic carbocycles. The molecule has 4 aromatic heterocycles. The van der Waals surface area contributed by atoms with Crippen molar-refractivity contribution in [1.82, 2.24) is 29.3 Å². The van der Waals surface area contributed by atoms with Gasteiger partial charge in [0.05, 0.1) is 34.4 Å². The standard InChI is InChI=1S/C25H22ClN7O2/c1-13(2)33-24(30-31-25(33)26)16-6-3-5-15(29-16)20-21-18(32-11-17(28-12-32)14-9-10-14)7-4-8-19(21)35-22(20)23(27)34/h3-8,11-14H,9-10H2,1-2H3,(H2,27,34). The number of halogens is 1. The summed E-state index contributed by atoms with van der Waals surface area (Å²) in [5.41, 5.74) is 9.79. The van der Waals surface area contributed by atoms with Crippen molar-refractivity contribution in [1.29, 1.82) is 0 Å². The molecule has 0 aliphatic heterocycles. The number of nitrogens with two attached hydrogens (primary N) is 1. The second-order valence-electron chi connectivity index (χ2n) is 8.97. The second kappa shape index (κ2) is 8.06. The zero-order valence-electron chi connectivity index (χ0n) is 19.1. The minimum atomic E-state index is -0.674. The van der Waals surface area contributed by atoms with E-state index in [1.807, 2.05) is 61.0 Å². The number of hydrogen-bond donors (Lipinski definition) is 1. The average molecular weight is 488 g/mol. The molecule has 0 spiro atoms. The van der Waals surface area contributed by atoms with Crippen molar-refractivity contribution in [2.24, 2.45) is 5.73 Å². The Labute approximate surface area is 205 Å².